The molecule has 0 heterocycles. The minimum atomic E-state index is -0.584. The molecule has 4 nitrogen and oxygen atoms in total. The van der Waals surface area contributed by atoms with Gasteiger partial charge in [-0.15, -0.1) is 0 Å². The Labute approximate surface area is 127 Å². The van der Waals surface area contributed by atoms with E-state index in [1.807, 2.05) is 18.2 Å². The monoisotopic (exact) mass is 306 g/mol. The van der Waals surface area contributed by atoms with Crippen LogP contribution in [-0.2, 0) is 11.2 Å². The molecular weight excluding hydrogens is 292 g/mol. The van der Waals surface area contributed by atoms with Crippen LogP contribution in [0.5, 0.6) is 17.2 Å². The third-order valence-corrected chi connectivity index (χ3v) is 3.59. The van der Waals surface area contributed by atoms with Gasteiger partial charge in [-0.25, -0.2) is 0 Å². The Morgan fingerprint density at radius 3 is 2.62 bits per heavy atom. The number of hydrogen-bond donors (Lipinski definition) is 2. The average molecular weight is 307 g/mol. The molecule has 0 spiro atoms. The fourth-order valence-corrected chi connectivity index (χ4v) is 2.38. The third kappa shape index (κ3) is 3.28. The van der Waals surface area contributed by atoms with E-state index in [-0.39, 0.29) is 16.5 Å². The van der Waals surface area contributed by atoms with Gasteiger partial charge in [0.25, 0.3) is 0 Å². The van der Waals surface area contributed by atoms with Gasteiger partial charge in [0.05, 0.1) is 12.1 Å². The zero-order valence-electron chi connectivity index (χ0n) is 11.4. The van der Waals surface area contributed by atoms with Crippen molar-refractivity contribution in [2.45, 2.75) is 12.3 Å². The Morgan fingerprint density at radius 2 is 1.95 bits per heavy atom. The lowest BCUT2D eigenvalue weighted by Gasteiger charge is -2.15. The van der Waals surface area contributed by atoms with Crippen molar-refractivity contribution in [3.05, 3.63) is 52.5 Å². The topological polar surface area (TPSA) is 66.8 Å². The van der Waals surface area contributed by atoms with Gasteiger partial charge in [-0.1, -0.05) is 29.8 Å². The van der Waals surface area contributed by atoms with E-state index in [9.17, 15) is 15.0 Å². The number of methoxy groups -OCH3 is 1. The molecule has 0 fully saturated rings. The number of para-hydroxylation sites is 1. The largest absolute Gasteiger partial charge is 0.508 e. The quantitative estimate of drug-likeness (QED) is 0.832. The number of hydrogen-bond acceptors (Lipinski definition) is 4. The Kier molecular flexibility index (Phi) is 4.70. The van der Waals surface area contributed by atoms with Gasteiger partial charge in [-0.3, -0.25) is 0 Å². The van der Waals surface area contributed by atoms with Gasteiger partial charge in [0.2, 0.25) is 0 Å². The zero-order valence-corrected chi connectivity index (χ0v) is 12.2. The Morgan fingerprint density at radius 1 is 1.24 bits per heavy atom. The number of halogens is 1. The molecule has 0 aliphatic heterocycles. The van der Waals surface area contributed by atoms with Crippen molar-refractivity contribution in [3.63, 3.8) is 0 Å². The van der Waals surface area contributed by atoms with Crippen LogP contribution < -0.4 is 4.74 Å². The van der Waals surface area contributed by atoms with Gasteiger partial charge in [-0.2, -0.15) is 0 Å². The highest BCUT2D eigenvalue weighted by Crippen LogP contribution is 2.36. The van der Waals surface area contributed by atoms with E-state index >= 15 is 0 Å². The summed E-state index contributed by atoms with van der Waals surface area (Å²) in [6.45, 7) is 0. The highest BCUT2D eigenvalue weighted by atomic mass is 35.5. The van der Waals surface area contributed by atoms with Crippen LogP contribution in [0.25, 0.3) is 0 Å². The molecule has 2 aromatic carbocycles. The molecule has 0 aliphatic rings. The molecule has 2 N–H and O–H groups in total. The number of rotatable bonds is 5. The molecular formula is C16H15ClO4. The highest BCUT2D eigenvalue weighted by Gasteiger charge is 2.19. The van der Waals surface area contributed by atoms with Gasteiger partial charge in [0.15, 0.2) is 0 Å². The molecule has 110 valence electrons. The summed E-state index contributed by atoms with van der Waals surface area (Å²) in [5.41, 5.74) is 1.22. The number of ether oxygens (including phenoxy) is 1. The number of phenolic OH excluding ortho intramolecular Hbond substituents is 2. The van der Waals surface area contributed by atoms with Crippen LogP contribution in [0.2, 0.25) is 5.02 Å². The molecule has 0 radical (unpaired) electrons. The van der Waals surface area contributed by atoms with Crippen LogP contribution in [0.1, 0.15) is 17.0 Å². The summed E-state index contributed by atoms with van der Waals surface area (Å²) < 4.78 is 5.26. The standard InChI is InChI=1S/C16H15ClO4/c1-21-16-5-3-2-4-10(16)6-11(9-18)12-7-13(17)15(20)8-14(12)19/h2-5,7-9,11,19-20H,6H2,1H3. The predicted molar refractivity (Wildman–Crippen MR) is 80.3 cm³/mol. The summed E-state index contributed by atoms with van der Waals surface area (Å²) in [5, 5.41) is 19.5. The lowest BCUT2D eigenvalue weighted by atomic mass is 9.92. The number of carbonyl (C=O) groups excluding carboxylic acids is 1. The van der Waals surface area contributed by atoms with Gasteiger partial charge >= 0.3 is 0 Å². The zero-order chi connectivity index (χ0) is 15.4. The smallest absolute Gasteiger partial charge is 0.137 e. The normalized spacial score (nSPS) is 11.9. The molecule has 21 heavy (non-hydrogen) atoms. The molecule has 0 saturated heterocycles. The number of phenols is 2. The lowest BCUT2D eigenvalue weighted by molar-refractivity contribution is -0.109. The van der Waals surface area contributed by atoms with Gasteiger partial charge in [-0.05, 0) is 24.1 Å². The number of benzene rings is 2. The van der Waals surface area contributed by atoms with E-state index in [0.717, 1.165) is 17.9 Å². The molecule has 1 atom stereocenters. The van der Waals surface area contributed by atoms with E-state index in [2.05, 4.69) is 0 Å². The lowest BCUT2D eigenvalue weighted by Crippen LogP contribution is -2.06. The van der Waals surface area contributed by atoms with Gasteiger partial charge in [0.1, 0.15) is 23.5 Å². The SMILES string of the molecule is COc1ccccc1CC(C=O)c1cc(Cl)c(O)cc1O. The minimum Gasteiger partial charge on any atom is -0.508 e. The van der Waals surface area contributed by atoms with Crippen molar-refractivity contribution in [3.8, 4) is 17.2 Å². The highest BCUT2D eigenvalue weighted by molar-refractivity contribution is 6.32. The predicted octanol–water partition coefficient (Wildman–Crippen LogP) is 3.29. The molecule has 1 unspecified atom stereocenters. The Bertz CT molecular complexity index is 655. The summed E-state index contributed by atoms with van der Waals surface area (Å²) >= 11 is 5.85. The number of aromatic hydroxyl groups is 2. The van der Waals surface area contributed by atoms with Crippen LogP contribution in [0.15, 0.2) is 36.4 Å². The molecule has 0 aromatic heterocycles. The minimum absolute atomic E-state index is 0.0923. The van der Waals surface area contributed by atoms with E-state index in [4.69, 9.17) is 16.3 Å². The van der Waals surface area contributed by atoms with Crippen molar-refractivity contribution >= 4 is 17.9 Å². The maximum atomic E-state index is 11.4. The summed E-state index contributed by atoms with van der Waals surface area (Å²) in [6, 6.07) is 9.89. The van der Waals surface area contributed by atoms with Crippen LogP contribution in [-0.4, -0.2) is 23.6 Å². The molecule has 0 aliphatic carbocycles. The summed E-state index contributed by atoms with van der Waals surface area (Å²) in [6.07, 6.45) is 1.11. The number of aldehydes is 1. The number of carbonyl (C=O) groups is 1. The first-order valence-electron chi connectivity index (χ1n) is 6.35. The Hall–Kier alpha value is -2.20. The fourth-order valence-electron chi connectivity index (χ4n) is 2.20. The second kappa shape index (κ2) is 6.50. The summed E-state index contributed by atoms with van der Waals surface area (Å²) in [5.74, 6) is -0.295. The molecule has 5 heteroatoms. The van der Waals surface area contributed by atoms with Crippen molar-refractivity contribution in [1.82, 2.24) is 0 Å². The van der Waals surface area contributed by atoms with Crippen LogP contribution in [0, 0.1) is 0 Å². The van der Waals surface area contributed by atoms with E-state index in [0.29, 0.717) is 17.7 Å². The first kappa shape index (κ1) is 15.2. The maximum Gasteiger partial charge on any atom is 0.137 e. The molecule has 0 saturated carbocycles. The molecule has 2 aromatic rings. The van der Waals surface area contributed by atoms with E-state index in [1.54, 1.807) is 13.2 Å². The summed E-state index contributed by atoms with van der Waals surface area (Å²) in [7, 11) is 1.56. The first-order valence-corrected chi connectivity index (χ1v) is 6.73. The van der Waals surface area contributed by atoms with Crippen LogP contribution in [0.4, 0.5) is 0 Å². The summed E-state index contributed by atoms with van der Waals surface area (Å²) in [4.78, 5) is 11.4. The van der Waals surface area contributed by atoms with Crippen molar-refractivity contribution in [2.75, 3.05) is 7.11 Å². The van der Waals surface area contributed by atoms with Crippen molar-refractivity contribution < 1.29 is 19.7 Å². The Balaban J connectivity index is 2.37. The maximum absolute atomic E-state index is 11.4. The van der Waals surface area contributed by atoms with Crippen molar-refractivity contribution in [1.29, 1.82) is 0 Å². The third-order valence-electron chi connectivity index (χ3n) is 3.29. The van der Waals surface area contributed by atoms with E-state index in [1.165, 1.54) is 6.07 Å². The molecule has 0 bridgehead atoms. The molecule has 2 rings (SSSR count). The first-order chi connectivity index (χ1) is 10.1. The average Bonchev–Trinajstić information content (AvgIpc) is 2.49. The van der Waals surface area contributed by atoms with Gasteiger partial charge < -0.3 is 19.7 Å². The second-order valence-corrected chi connectivity index (χ2v) is 5.03. The fraction of sp³-hybridized carbons (Fsp3) is 0.188. The van der Waals surface area contributed by atoms with Crippen molar-refractivity contribution in [2.24, 2.45) is 0 Å². The van der Waals surface area contributed by atoms with Crippen LogP contribution in [0.3, 0.4) is 0 Å². The second-order valence-electron chi connectivity index (χ2n) is 4.62. The van der Waals surface area contributed by atoms with Gasteiger partial charge in [0, 0.05) is 17.5 Å². The van der Waals surface area contributed by atoms with E-state index < -0.39 is 5.92 Å². The molecule has 0 amide bonds. The van der Waals surface area contributed by atoms with Crippen LogP contribution >= 0.6 is 11.6 Å².